The van der Waals surface area contributed by atoms with Crippen LogP contribution in [0.5, 0.6) is 0 Å². The van der Waals surface area contributed by atoms with E-state index < -0.39 is 0 Å². The van der Waals surface area contributed by atoms with Crippen molar-refractivity contribution in [3.05, 3.63) is 35.0 Å². The van der Waals surface area contributed by atoms with Gasteiger partial charge in [0.1, 0.15) is 0 Å². The van der Waals surface area contributed by atoms with Gasteiger partial charge in [-0.15, -0.1) is 0 Å². The minimum Gasteiger partial charge on any atom is -0.402 e. The minimum atomic E-state index is 0.774. The average Bonchev–Trinajstić information content (AvgIpc) is 1.97. The quantitative estimate of drug-likeness (QED) is 0.619. The van der Waals surface area contributed by atoms with Gasteiger partial charge in [-0.25, -0.2) is 0 Å². The third-order valence-corrected chi connectivity index (χ3v) is 1.73. The van der Waals surface area contributed by atoms with Crippen molar-refractivity contribution in [2.24, 2.45) is 5.73 Å². The number of hydrogen-bond donors (Lipinski definition) is 2. The lowest BCUT2D eigenvalue weighted by atomic mass is 10.1. The molecule has 0 aromatic heterocycles. The Kier molecular flexibility index (Phi) is 2.38. The predicted molar refractivity (Wildman–Crippen MR) is 53.4 cm³/mol. The topological polar surface area (TPSA) is 52.0 Å². The first-order valence-electron chi connectivity index (χ1n) is 3.90. The summed E-state index contributed by atoms with van der Waals surface area (Å²) in [6, 6.07) is 5.83. The van der Waals surface area contributed by atoms with E-state index in [0.29, 0.717) is 0 Å². The molecule has 0 fully saturated rings. The summed E-state index contributed by atoms with van der Waals surface area (Å²) in [4.78, 5) is 0. The maximum absolute atomic E-state index is 5.77. The Morgan fingerprint density at radius 3 is 2.58 bits per heavy atom. The molecule has 64 valence electrons. The highest BCUT2D eigenvalue weighted by Crippen LogP contribution is 2.18. The second-order valence-corrected chi connectivity index (χ2v) is 2.97. The summed E-state index contributed by atoms with van der Waals surface area (Å²) in [6.45, 7) is 3.87. The predicted octanol–water partition coefficient (Wildman–Crippen LogP) is 1.90. The van der Waals surface area contributed by atoms with Gasteiger partial charge >= 0.3 is 0 Å². The van der Waals surface area contributed by atoms with E-state index in [-0.39, 0.29) is 0 Å². The van der Waals surface area contributed by atoms with Gasteiger partial charge in [-0.2, -0.15) is 0 Å². The molecule has 0 aliphatic carbocycles. The first kappa shape index (κ1) is 8.65. The number of benzene rings is 1. The Hall–Kier alpha value is -1.44. The molecule has 0 aliphatic rings. The number of hydrogen-bond acceptors (Lipinski definition) is 2. The van der Waals surface area contributed by atoms with Crippen LogP contribution in [0.2, 0.25) is 0 Å². The highest BCUT2D eigenvalue weighted by Gasteiger charge is 1.97. The normalized spacial score (nSPS) is 11.7. The summed E-state index contributed by atoms with van der Waals surface area (Å²) in [5.74, 6) is 0. The SMILES string of the molecule is C/C(N)=C/c1c(C)cccc1N. The van der Waals surface area contributed by atoms with E-state index in [0.717, 1.165) is 22.5 Å². The van der Waals surface area contributed by atoms with Crippen LogP contribution in [0.1, 0.15) is 18.1 Å². The maximum atomic E-state index is 5.77. The van der Waals surface area contributed by atoms with Crippen molar-refractivity contribution < 1.29 is 0 Å². The van der Waals surface area contributed by atoms with Gasteiger partial charge in [0.2, 0.25) is 0 Å². The molecule has 1 aromatic carbocycles. The molecule has 0 saturated carbocycles. The standard InChI is InChI=1S/C10H14N2/c1-7-4-3-5-10(12)9(7)6-8(2)11/h3-6H,11-12H2,1-2H3/b8-6-. The zero-order chi connectivity index (χ0) is 9.14. The van der Waals surface area contributed by atoms with E-state index in [4.69, 9.17) is 11.5 Å². The Morgan fingerprint density at radius 1 is 1.42 bits per heavy atom. The zero-order valence-electron chi connectivity index (χ0n) is 7.46. The molecule has 2 heteroatoms. The van der Waals surface area contributed by atoms with Crippen LogP contribution in [0.3, 0.4) is 0 Å². The van der Waals surface area contributed by atoms with Crippen LogP contribution < -0.4 is 11.5 Å². The van der Waals surface area contributed by atoms with Crippen LogP contribution >= 0.6 is 0 Å². The fourth-order valence-electron chi connectivity index (χ4n) is 1.13. The molecule has 0 aliphatic heterocycles. The van der Waals surface area contributed by atoms with E-state index in [1.165, 1.54) is 0 Å². The summed E-state index contributed by atoms with van der Waals surface area (Å²) in [6.07, 6.45) is 1.89. The first-order valence-corrected chi connectivity index (χ1v) is 3.90. The second kappa shape index (κ2) is 3.30. The lowest BCUT2D eigenvalue weighted by molar-refractivity contribution is 1.33. The van der Waals surface area contributed by atoms with Gasteiger partial charge in [0.15, 0.2) is 0 Å². The number of nitrogens with two attached hydrogens (primary N) is 2. The number of aryl methyl sites for hydroxylation is 1. The van der Waals surface area contributed by atoms with Crippen molar-refractivity contribution >= 4 is 11.8 Å². The highest BCUT2D eigenvalue weighted by atomic mass is 14.6. The van der Waals surface area contributed by atoms with Crippen LogP contribution in [-0.4, -0.2) is 0 Å². The van der Waals surface area contributed by atoms with Crippen LogP contribution in [0, 0.1) is 6.92 Å². The van der Waals surface area contributed by atoms with Crippen LogP contribution in [-0.2, 0) is 0 Å². The molecule has 0 unspecified atom stereocenters. The Morgan fingerprint density at radius 2 is 2.08 bits per heavy atom. The smallest absolute Gasteiger partial charge is 0.0390 e. The Bertz CT molecular complexity index is 289. The number of allylic oxidation sites excluding steroid dienone is 1. The molecule has 12 heavy (non-hydrogen) atoms. The molecular weight excluding hydrogens is 148 g/mol. The number of anilines is 1. The summed E-state index contributed by atoms with van der Waals surface area (Å²) in [7, 11) is 0. The van der Waals surface area contributed by atoms with E-state index in [2.05, 4.69) is 0 Å². The lowest BCUT2D eigenvalue weighted by Gasteiger charge is -2.04. The van der Waals surface area contributed by atoms with E-state index in [9.17, 15) is 0 Å². The fraction of sp³-hybridized carbons (Fsp3) is 0.200. The molecule has 1 rings (SSSR count). The summed E-state index contributed by atoms with van der Waals surface area (Å²) < 4.78 is 0. The van der Waals surface area contributed by atoms with Crippen molar-refractivity contribution in [1.29, 1.82) is 0 Å². The molecule has 0 bridgehead atoms. The van der Waals surface area contributed by atoms with Crippen LogP contribution in [0.4, 0.5) is 5.69 Å². The monoisotopic (exact) mass is 162 g/mol. The number of nitrogen functional groups attached to an aromatic ring is 1. The van der Waals surface area contributed by atoms with Crippen molar-refractivity contribution in [3.63, 3.8) is 0 Å². The third-order valence-electron chi connectivity index (χ3n) is 1.73. The van der Waals surface area contributed by atoms with Gasteiger partial charge < -0.3 is 11.5 Å². The van der Waals surface area contributed by atoms with E-state index in [1.54, 1.807) is 0 Å². The lowest BCUT2D eigenvalue weighted by Crippen LogP contribution is -1.95. The fourth-order valence-corrected chi connectivity index (χ4v) is 1.13. The Labute approximate surface area is 72.9 Å². The molecule has 0 spiro atoms. The molecule has 0 amide bonds. The number of rotatable bonds is 1. The van der Waals surface area contributed by atoms with Gasteiger partial charge in [0.05, 0.1) is 0 Å². The highest BCUT2D eigenvalue weighted by molar-refractivity contribution is 5.68. The largest absolute Gasteiger partial charge is 0.402 e. The van der Waals surface area contributed by atoms with Gasteiger partial charge in [-0.3, -0.25) is 0 Å². The van der Waals surface area contributed by atoms with E-state index >= 15 is 0 Å². The van der Waals surface area contributed by atoms with Gasteiger partial charge in [0.25, 0.3) is 0 Å². The van der Waals surface area contributed by atoms with Crippen LogP contribution in [0.25, 0.3) is 6.08 Å². The zero-order valence-corrected chi connectivity index (χ0v) is 7.46. The molecule has 0 atom stereocenters. The Balaban J connectivity index is 3.22. The molecule has 0 radical (unpaired) electrons. The van der Waals surface area contributed by atoms with Gasteiger partial charge in [-0.05, 0) is 31.6 Å². The van der Waals surface area contributed by atoms with Crippen molar-refractivity contribution in [2.75, 3.05) is 5.73 Å². The molecule has 1 aromatic rings. The van der Waals surface area contributed by atoms with Crippen molar-refractivity contribution in [3.8, 4) is 0 Å². The molecule has 4 N–H and O–H groups in total. The minimum absolute atomic E-state index is 0.774. The average molecular weight is 162 g/mol. The second-order valence-electron chi connectivity index (χ2n) is 2.97. The first-order chi connectivity index (χ1) is 5.61. The molecule has 0 heterocycles. The van der Waals surface area contributed by atoms with Crippen molar-refractivity contribution in [1.82, 2.24) is 0 Å². The van der Waals surface area contributed by atoms with Gasteiger partial charge in [-0.1, -0.05) is 12.1 Å². The third kappa shape index (κ3) is 1.78. The summed E-state index contributed by atoms with van der Waals surface area (Å²) in [5, 5.41) is 0. The molecular formula is C10H14N2. The van der Waals surface area contributed by atoms with Crippen LogP contribution in [0.15, 0.2) is 23.9 Å². The van der Waals surface area contributed by atoms with Crippen molar-refractivity contribution in [2.45, 2.75) is 13.8 Å². The van der Waals surface area contributed by atoms with Gasteiger partial charge in [0, 0.05) is 16.9 Å². The maximum Gasteiger partial charge on any atom is 0.0390 e. The summed E-state index contributed by atoms with van der Waals surface area (Å²) >= 11 is 0. The van der Waals surface area contributed by atoms with E-state index in [1.807, 2.05) is 38.1 Å². The molecule has 0 saturated heterocycles. The molecule has 2 nitrogen and oxygen atoms in total. The summed E-state index contributed by atoms with van der Waals surface area (Å²) in [5.41, 5.74) is 15.1.